The van der Waals surface area contributed by atoms with Gasteiger partial charge in [-0.15, -0.1) is 0 Å². The number of para-hydroxylation sites is 3. The van der Waals surface area contributed by atoms with Crippen molar-refractivity contribution < 1.29 is 0 Å². The molecule has 3 rings (SSSR count). The lowest BCUT2D eigenvalue weighted by atomic mass is 10.1. The molecule has 0 N–H and O–H groups in total. The van der Waals surface area contributed by atoms with Gasteiger partial charge >= 0.3 is 0 Å². The fourth-order valence-corrected chi connectivity index (χ4v) is 2.05. The molecule has 0 aliphatic heterocycles. The van der Waals surface area contributed by atoms with Gasteiger partial charge in [-0.05, 0) is 24.3 Å². The van der Waals surface area contributed by atoms with Crippen molar-refractivity contribution in [3.8, 4) is 5.69 Å². The monoisotopic (exact) mass is 206 g/mol. The molecule has 0 spiro atoms. The topological polar surface area (TPSA) is 17.8 Å². The summed E-state index contributed by atoms with van der Waals surface area (Å²) < 4.78 is 2.18. The van der Waals surface area contributed by atoms with Crippen molar-refractivity contribution in [3.63, 3.8) is 0 Å². The summed E-state index contributed by atoms with van der Waals surface area (Å²) in [6.07, 6.45) is 0. The van der Waals surface area contributed by atoms with Gasteiger partial charge in [0, 0.05) is 5.69 Å². The highest BCUT2D eigenvalue weighted by atomic mass is 15.1. The maximum atomic E-state index is 4.55. The number of fused-ring (bicyclic) bond motifs is 1. The predicted molar refractivity (Wildman–Crippen MR) is 69.2 cm³/mol. The summed E-state index contributed by atoms with van der Waals surface area (Å²) in [7, 11) is 2.03. The van der Waals surface area contributed by atoms with E-state index in [1.54, 1.807) is 0 Å². The third-order valence-electron chi connectivity index (χ3n) is 2.74. The summed E-state index contributed by atoms with van der Waals surface area (Å²) in [5, 5.41) is 0. The smallest absolute Gasteiger partial charge is 0.187 e. The molecular formula is C13H11BN2. The number of hydrogen-bond donors (Lipinski definition) is 0. The van der Waals surface area contributed by atoms with E-state index in [9.17, 15) is 0 Å². The zero-order chi connectivity index (χ0) is 11.0. The van der Waals surface area contributed by atoms with Gasteiger partial charge in [-0.2, -0.15) is 0 Å². The minimum atomic E-state index is 1.02. The SMILES string of the molecule is Bc1nc2ccccc2n1-c1ccccc1. The van der Waals surface area contributed by atoms with Crippen LogP contribution in [0.5, 0.6) is 0 Å². The van der Waals surface area contributed by atoms with Crippen LogP contribution < -0.4 is 5.72 Å². The van der Waals surface area contributed by atoms with Crippen molar-refractivity contribution in [2.24, 2.45) is 0 Å². The van der Waals surface area contributed by atoms with Crippen LogP contribution in [0.15, 0.2) is 54.6 Å². The Labute approximate surface area is 95.0 Å². The Balaban J connectivity index is 2.35. The first-order chi connectivity index (χ1) is 7.86. The van der Waals surface area contributed by atoms with Crippen molar-refractivity contribution in [2.75, 3.05) is 0 Å². The zero-order valence-corrected chi connectivity index (χ0v) is 9.09. The second kappa shape index (κ2) is 3.52. The van der Waals surface area contributed by atoms with E-state index in [2.05, 4.69) is 27.8 Å². The Kier molecular flexibility index (Phi) is 2.03. The first-order valence-corrected chi connectivity index (χ1v) is 5.36. The van der Waals surface area contributed by atoms with Crippen molar-refractivity contribution in [3.05, 3.63) is 54.6 Å². The molecule has 0 aliphatic rings. The Morgan fingerprint density at radius 3 is 2.38 bits per heavy atom. The molecular weight excluding hydrogens is 195 g/mol. The van der Waals surface area contributed by atoms with Crippen LogP contribution >= 0.6 is 0 Å². The highest BCUT2D eigenvalue weighted by Gasteiger charge is 2.06. The van der Waals surface area contributed by atoms with E-state index < -0.39 is 0 Å². The number of aromatic nitrogens is 2. The molecule has 0 atom stereocenters. The van der Waals surface area contributed by atoms with Crippen LogP contribution in [-0.2, 0) is 0 Å². The van der Waals surface area contributed by atoms with Gasteiger partial charge in [0.2, 0.25) is 0 Å². The third kappa shape index (κ3) is 1.33. The molecule has 0 bridgehead atoms. The molecule has 1 aromatic heterocycles. The number of imidazole rings is 1. The fourth-order valence-electron chi connectivity index (χ4n) is 2.05. The lowest BCUT2D eigenvalue weighted by molar-refractivity contribution is 1.15. The van der Waals surface area contributed by atoms with Gasteiger partial charge < -0.3 is 4.57 Å². The van der Waals surface area contributed by atoms with Crippen molar-refractivity contribution in [1.29, 1.82) is 0 Å². The summed E-state index contributed by atoms with van der Waals surface area (Å²) >= 11 is 0. The number of benzene rings is 2. The molecule has 0 saturated carbocycles. The lowest BCUT2D eigenvalue weighted by Gasteiger charge is -2.06. The molecule has 3 aromatic rings. The summed E-state index contributed by atoms with van der Waals surface area (Å²) in [4.78, 5) is 4.55. The van der Waals surface area contributed by atoms with E-state index >= 15 is 0 Å². The number of rotatable bonds is 1. The second-order valence-corrected chi connectivity index (χ2v) is 3.82. The highest BCUT2D eigenvalue weighted by molar-refractivity contribution is 6.30. The summed E-state index contributed by atoms with van der Waals surface area (Å²) in [6, 6.07) is 18.5. The van der Waals surface area contributed by atoms with Gasteiger partial charge in [0.15, 0.2) is 7.85 Å². The quantitative estimate of drug-likeness (QED) is 0.548. The molecule has 3 heteroatoms. The third-order valence-corrected chi connectivity index (χ3v) is 2.74. The molecule has 0 aliphatic carbocycles. The van der Waals surface area contributed by atoms with Crippen LogP contribution in [0.25, 0.3) is 16.7 Å². The maximum Gasteiger partial charge on any atom is 0.187 e. The minimum Gasteiger partial charge on any atom is -0.305 e. The summed E-state index contributed by atoms with van der Waals surface area (Å²) in [5.41, 5.74) is 4.39. The zero-order valence-electron chi connectivity index (χ0n) is 9.09. The maximum absolute atomic E-state index is 4.55. The van der Waals surface area contributed by atoms with Crippen LogP contribution in [0.3, 0.4) is 0 Å². The average molecular weight is 206 g/mol. The van der Waals surface area contributed by atoms with Crippen molar-refractivity contribution in [2.45, 2.75) is 0 Å². The van der Waals surface area contributed by atoms with Crippen LogP contribution in [-0.4, -0.2) is 17.4 Å². The van der Waals surface area contributed by atoms with Gasteiger partial charge in [0.1, 0.15) is 0 Å². The number of hydrogen-bond acceptors (Lipinski definition) is 1. The standard InChI is InChI=1S/C13H11BN2/c14-13-15-11-8-4-5-9-12(11)16(13)10-6-2-1-3-7-10/h1-9H,14H2. The van der Waals surface area contributed by atoms with E-state index in [1.165, 1.54) is 0 Å². The molecule has 0 unspecified atom stereocenters. The lowest BCUT2D eigenvalue weighted by Crippen LogP contribution is -2.17. The molecule has 0 amide bonds. The van der Waals surface area contributed by atoms with Crippen molar-refractivity contribution >= 4 is 24.6 Å². The Bertz CT molecular complexity index is 629. The van der Waals surface area contributed by atoms with Gasteiger partial charge in [-0.1, -0.05) is 30.3 Å². The Morgan fingerprint density at radius 1 is 0.875 bits per heavy atom. The van der Waals surface area contributed by atoms with Gasteiger partial charge in [0.05, 0.1) is 16.8 Å². The van der Waals surface area contributed by atoms with Crippen LogP contribution in [0, 0.1) is 0 Å². The molecule has 1 heterocycles. The fraction of sp³-hybridized carbons (Fsp3) is 0. The first kappa shape index (κ1) is 9.22. The van der Waals surface area contributed by atoms with Gasteiger partial charge in [0.25, 0.3) is 0 Å². The first-order valence-electron chi connectivity index (χ1n) is 5.36. The van der Waals surface area contributed by atoms with Crippen LogP contribution in [0.2, 0.25) is 0 Å². The summed E-state index contributed by atoms with van der Waals surface area (Å²) in [5.74, 6) is 0. The Morgan fingerprint density at radius 2 is 1.56 bits per heavy atom. The van der Waals surface area contributed by atoms with Crippen LogP contribution in [0.4, 0.5) is 0 Å². The Hall–Kier alpha value is -2.03. The van der Waals surface area contributed by atoms with Gasteiger partial charge in [-0.3, -0.25) is 0 Å². The molecule has 0 fully saturated rings. The predicted octanol–water partition coefficient (Wildman–Crippen LogP) is 1.28. The molecule has 0 radical (unpaired) electrons. The van der Waals surface area contributed by atoms with Crippen LogP contribution in [0.1, 0.15) is 0 Å². The highest BCUT2D eigenvalue weighted by Crippen LogP contribution is 2.15. The van der Waals surface area contributed by atoms with E-state index in [0.717, 1.165) is 22.4 Å². The van der Waals surface area contributed by atoms with E-state index in [1.807, 2.05) is 44.2 Å². The largest absolute Gasteiger partial charge is 0.305 e. The average Bonchev–Trinajstić information content (AvgIpc) is 2.66. The normalized spacial score (nSPS) is 10.8. The molecule has 16 heavy (non-hydrogen) atoms. The molecule has 2 nitrogen and oxygen atoms in total. The van der Waals surface area contributed by atoms with Gasteiger partial charge in [-0.25, -0.2) is 4.98 Å². The molecule has 0 saturated heterocycles. The minimum absolute atomic E-state index is 1.02. The van der Waals surface area contributed by atoms with E-state index in [4.69, 9.17) is 0 Å². The second-order valence-electron chi connectivity index (χ2n) is 3.82. The number of nitrogens with zero attached hydrogens (tertiary/aromatic N) is 2. The molecule has 2 aromatic carbocycles. The van der Waals surface area contributed by atoms with E-state index in [0.29, 0.717) is 0 Å². The van der Waals surface area contributed by atoms with E-state index in [-0.39, 0.29) is 0 Å². The van der Waals surface area contributed by atoms with Crippen molar-refractivity contribution in [1.82, 2.24) is 9.55 Å². The molecule has 76 valence electrons. The summed E-state index contributed by atoms with van der Waals surface area (Å²) in [6.45, 7) is 0.